The Morgan fingerprint density at radius 1 is 1.50 bits per heavy atom. The first-order valence-electron chi connectivity index (χ1n) is 5.20. The Kier molecular flexibility index (Phi) is 3.32. The van der Waals surface area contributed by atoms with Crippen LogP contribution in [0, 0.1) is 16.7 Å². The summed E-state index contributed by atoms with van der Waals surface area (Å²) in [6.45, 7) is 0. The third-order valence-electron chi connectivity index (χ3n) is 2.90. The Morgan fingerprint density at radius 3 is 2.81 bits per heavy atom. The lowest BCUT2D eigenvalue weighted by Gasteiger charge is -2.11. The van der Waals surface area contributed by atoms with Gasteiger partial charge in [0.05, 0.1) is 11.1 Å². The summed E-state index contributed by atoms with van der Waals surface area (Å²) >= 11 is 7.82. The molecular formula is C12H13ClN2S. The van der Waals surface area contributed by atoms with Crippen LogP contribution < -0.4 is 5.73 Å². The first-order chi connectivity index (χ1) is 7.65. The van der Waals surface area contributed by atoms with Crippen LogP contribution in [-0.4, -0.2) is 5.75 Å². The van der Waals surface area contributed by atoms with Gasteiger partial charge in [-0.1, -0.05) is 11.6 Å². The van der Waals surface area contributed by atoms with Crippen LogP contribution in [0.3, 0.4) is 0 Å². The van der Waals surface area contributed by atoms with Crippen molar-refractivity contribution >= 4 is 29.1 Å². The topological polar surface area (TPSA) is 49.8 Å². The van der Waals surface area contributed by atoms with E-state index in [-0.39, 0.29) is 5.41 Å². The van der Waals surface area contributed by atoms with E-state index < -0.39 is 0 Å². The van der Waals surface area contributed by atoms with Crippen molar-refractivity contribution in [3.63, 3.8) is 0 Å². The number of nitrogens with zero attached hydrogens (tertiary/aromatic N) is 1. The molecule has 1 fully saturated rings. The zero-order valence-corrected chi connectivity index (χ0v) is 10.4. The Bertz CT molecular complexity index is 435. The quantitative estimate of drug-likeness (QED) is 0.657. The van der Waals surface area contributed by atoms with E-state index in [1.54, 1.807) is 17.8 Å². The molecule has 1 aliphatic carbocycles. The number of thioether (sulfide) groups is 1. The van der Waals surface area contributed by atoms with Crippen molar-refractivity contribution in [1.82, 2.24) is 0 Å². The maximum Gasteiger partial charge on any atom is 0.0627 e. The summed E-state index contributed by atoms with van der Waals surface area (Å²) in [5, 5.41) is 9.43. The Morgan fingerprint density at radius 2 is 2.25 bits per heavy atom. The molecule has 0 radical (unpaired) electrons. The summed E-state index contributed by atoms with van der Waals surface area (Å²) in [4.78, 5) is 1.06. The highest BCUT2D eigenvalue weighted by molar-refractivity contribution is 7.99. The van der Waals surface area contributed by atoms with Crippen LogP contribution in [0.25, 0.3) is 0 Å². The molecule has 0 atom stereocenters. The minimum Gasteiger partial charge on any atom is -0.399 e. The van der Waals surface area contributed by atoms with Gasteiger partial charge >= 0.3 is 0 Å². The summed E-state index contributed by atoms with van der Waals surface area (Å²) in [6.07, 6.45) is 2.99. The molecule has 84 valence electrons. The van der Waals surface area contributed by atoms with E-state index in [4.69, 9.17) is 22.6 Å². The van der Waals surface area contributed by atoms with Crippen molar-refractivity contribution in [2.75, 3.05) is 11.5 Å². The number of anilines is 1. The molecule has 1 aromatic rings. The molecule has 0 saturated heterocycles. The van der Waals surface area contributed by atoms with E-state index in [2.05, 4.69) is 6.07 Å². The van der Waals surface area contributed by atoms with Crippen molar-refractivity contribution in [1.29, 1.82) is 5.26 Å². The predicted molar refractivity (Wildman–Crippen MR) is 68.5 cm³/mol. The molecule has 1 aliphatic rings. The van der Waals surface area contributed by atoms with Gasteiger partial charge in [0, 0.05) is 22.8 Å². The Hall–Kier alpha value is -0.850. The molecular weight excluding hydrogens is 240 g/mol. The maximum absolute atomic E-state index is 8.73. The first kappa shape index (κ1) is 11.6. The molecule has 1 aromatic carbocycles. The molecule has 0 spiro atoms. The third kappa shape index (κ3) is 2.63. The normalized spacial score (nSPS) is 16.8. The second-order valence-corrected chi connectivity index (χ2v) is 5.74. The molecule has 1 saturated carbocycles. The molecule has 16 heavy (non-hydrogen) atoms. The fraction of sp³-hybridized carbons (Fsp3) is 0.417. The summed E-state index contributed by atoms with van der Waals surface area (Å²) in [5.41, 5.74) is 6.57. The minimum atomic E-state index is 0.254. The van der Waals surface area contributed by atoms with Gasteiger partial charge < -0.3 is 5.73 Å². The maximum atomic E-state index is 8.73. The molecule has 4 heteroatoms. The molecule has 2 N–H and O–H groups in total. The molecule has 0 aliphatic heterocycles. The van der Waals surface area contributed by atoms with Gasteiger partial charge in [0.2, 0.25) is 0 Å². The van der Waals surface area contributed by atoms with Crippen LogP contribution in [-0.2, 0) is 0 Å². The van der Waals surface area contributed by atoms with Gasteiger partial charge in [-0.15, -0.1) is 11.8 Å². The number of nitriles is 1. The van der Waals surface area contributed by atoms with Crippen LogP contribution in [0.4, 0.5) is 5.69 Å². The van der Waals surface area contributed by atoms with Gasteiger partial charge in [0.1, 0.15) is 0 Å². The van der Waals surface area contributed by atoms with Crippen molar-refractivity contribution in [2.24, 2.45) is 5.41 Å². The van der Waals surface area contributed by atoms with E-state index in [1.807, 2.05) is 12.1 Å². The molecule has 0 aromatic heterocycles. The van der Waals surface area contributed by atoms with Crippen molar-refractivity contribution < 1.29 is 0 Å². The van der Waals surface area contributed by atoms with Gasteiger partial charge in [-0.2, -0.15) is 5.26 Å². The number of hydrogen-bond donors (Lipinski definition) is 1. The second-order valence-electron chi connectivity index (χ2n) is 4.31. The number of halogens is 1. The van der Waals surface area contributed by atoms with Gasteiger partial charge in [-0.05, 0) is 36.5 Å². The number of rotatable bonds is 4. The number of nitrogens with two attached hydrogens (primary N) is 1. The highest BCUT2D eigenvalue weighted by atomic mass is 35.5. The fourth-order valence-electron chi connectivity index (χ4n) is 1.58. The summed E-state index contributed by atoms with van der Waals surface area (Å²) in [5.74, 6) is 0.976. The van der Waals surface area contributed by atoms with Gasteiger partial charge in [0.15, 0.2) is 0 Å². The van der Waals surface area contributed by atoms with Gasteiger partial charge in [0.25, 0.3) is 0 Å². The fourth-order valence-corrected chi connectivity index (χ4v) is 3.15. The Balaban J connectivity index is 1.98. The predicted octanol–water partition coefficient (Wildman–Crippen LogP) is 3.71. The largest absolute Gasteiger partial charge is 0.399 e. The summed E-state index contributed by atoms with van der Waals surface area (Å²) in [6, 6.07) is 7.84. The lowest BCUT2D eigenvalue weighted by molar-refractivity contribution is 0.604. The van der Waals surface area contributed by atoms with E-state index in [0.717, 1.165) is 10.6 Å². The van der Waals surface area contributed by atoms with Crippen molar-refractivity contribution in [2.45, 2.75) is 24.2 Å². The number of hydrogen-bond acceptors (Lipinski definition) is 3. The lowest BCUT2D eigenvalue weighted by Crippen LogP contribution is -2.02. The van der Waals surface area contributed by atoms with Gasteiger partial charge in [-0.25, -0.2) is 0 Å². The van der Waals surface area contributed by atoms with E-state index in [1.165, 1.54) is 12.8 Å². The smallest absolute Gasteiger partial charge is 0.0627 e. The average molecular weight is 253 g/mol. The van der Waals surface area contributed by atoms with Gasteiger partial charge in [-0.3, -0.25) is 0 Å². The highest BCUT2D eigenvalue weighted by Crippen LogP contribution is 2.52. The standard InChI is InChI=1S/C12H13ClN2S/c13-10-7-9(15)1-2-11(10)16-8-12(3-4-12)5-6-14/h1-2,7H,3-5,8,15H2. The number of nitrogen functional groups attached to an aromatic ring is 1. The average Bonchev–Trinajstić information content (AvgIpc) is 2.98. The molecule has 0 heterocycles. The van der Waals surface area contributed by atoms with E-state index in [9.17, 15) is 0 Å². The minimum absolute atomic E-state index is 0.254. The molecule has 0 unspecified atom stereocenters. The number of benzene rings is 1. The van der Waals surface area contributed by atoms with E-state index in [0.29, 0.717) is 17.1 Å². The first-order valence-corrected chi connectivity index (χ1v) is 6.56. The molecule has 2 rings (SSSR count). The summed E-state index contributed by atoms with van der Waals surface area (Å²) in [7, 11) is 0. The zero-order valence-electron chi connectivity index (χ0n) is 8.87. The third-order valence-corrected chi connectivity index (χ3v) is 4.75. The molecule has 0 amide bonds. The van der Waals surface area contributed by atoms with Crippen LogP contribution in [0.2, 0.25) is 5.02 Å². The van der Waals surface area contributed by atoms with Crippen LogP contribution in [0.15, 0.2) is 23.1 Å². The van der Waals surface area contributed by atoms with Crippen molar-refractivity contribution in [3.8, 4) is 6.07 Å². The molecule has 0 bridgehead atoms. The SMILES string of the molecule is N#CCC1(CSc2ccc(N)cc2Cl)CC1. The van der Waals surface area contributed by atoms with Crippen LogP contribution >= 0.6 is 23.4 Å². The van der Waals surface area contributed by atoms with E-state index >= 15 is 0 Å². The summed E-state index contributed by atoms with van der Waals surface area (Å²) < 4.78 is 0. The molecule has 2 nitrogen and oxygen atoms in total. The Labute approximate surface area is 105 Å². The van der Waals surface area contributed by atoms with Crippen molar-refractivity contribution in [3.05, 3.63) is 23.2 Å². The second kappa shape index (κ2) is 4.57. The zero-order chi connectivity index (χ0) is 11.6. The highest BCUT2D eigenvalue weighted by Gasteiger charge is 2.42. The lowest BCUT2D eigenvalue weighted by atomic mass is 10.1. The monoisotopic (exact) mass is 252 g/mol. The van der Waals surface area contributed by atoms with Crippen LogP contribution in [0.1, 0.15) is 19.3 Å². The van der Waals surface area contributed by atoms with Crippen LogP contribution in [0.5, 0.6) is 0 Å².